The van der Waals surface area contributed by atoms with Crippen LogP contribution in [0.1, 0.15) is 41.8 Å². The van der Waals surface area contributed by atoms with E-state index in [0.29, 0.717) is 12.5 Å². The molecule has 144 valence electrons. The summed E-state index contributed by atoms with van der Waals surface area (Å²) in [6.07, 6.45) is 1.70. The largest absolute Gasteiger partial charge is 0.469 e. The Bertz CT molecular complexity index is 1050. The van der Waals surface area contributed by atoms with Crippen LogP contribution in [0.3, 0.4) is 0 Å². The molecule has 4 rings (SSSR count). The standard InChI is InChI=1S/C21H22N4OS2/c1-14(2)20-22-17(12-27-20)13-28-21-24-23-19(18-9-10-26-15(18)3)25(21)11-16-7-5-4-6-8-16/h4-10,12,14H,11,13H2,1-3H3. The highest BCUT2D eigenvalue weighted by Crippen LogP contribution is 2.30. The maximum atomic E-state index is 5.49. The van der Waals surface area contributed by atoms with Crippen LogP contribution < -0.4 is 0 Å². The molecule has 0 N–H and O–H groups in total. The molecule has 0 spiro atoms. The summed E-state index contributed by atoms with van der Waals surface area (Å²) in [5.41, 5.74) is 3.28. The predicted octanol–water partition coefficient (Wildman–Crippen LogP) is 5.77. The van der Waals surface area contributed by atoms with Crippen LogP contribution >= 0.6 is 23.1 Å². The van der Waals surface area contributed by atoms with Gasteiger partial charge in [0.2, 0.25) is 0 Å². The molecule has 0 saturated heterocycles. The Kier molecular flexibility index (Phi) is 5.64. The number of benzene rings is 1. The zero-order chi connectivity index (χ0) is 19.5. The number of thiazole rings is 1. The van der Waals surface area contributed by atoms with Crippen molar-refractivity contribution in [3.05, 3.63) is 70.1 Å². The molecule has 1 aromatic carbocycles. The van der Waals surface area contributed by atoms with Gasteiger partial charge in [0.15, 0.2) is 11.0 Å². The van der Waals surface area contributed by atoms with Gasteiger partial charge in [0.25, 0.3) is 0 Å². The highest BCUT2D eigenvalue weighted by Gasteiger charge is 2.18. The summed E-state index contributed by atoms with van der Waals surface area (Å²) < 4.78 is 7.65. The summed E-state index contributed by atoms with van der Waals surface area (Å²) in [6.45, 7) is 7.01. The van der Waals surface area contributed by atoms with Crippen molar-refractivity contribution < 1.29 is 4.42 Å². The molecular weight excluding hydrogens is 388 g/mol. The van der Waals surface area contributed by atoms with Gasteiger partial charge in [-0.15, -0.1) is 21.5 Å². The molecule has 5 nitrogen and oxygen atoms in total. The molecule has 4 aromatic rings. The van der Waals surface area contributed by atoms with Crippen molar-refractivity contribution in [1.82, 2.24) is 19.7 Å². The topological polar surface area (TPSA) is 56.7 Å². The lowest BCUT2D eigenvalue weighted by molar-refractivity contribution is 0.534. The fourth-order valence-electron chi connectivity index (χ4n) is 2.91. The molecule has 0 aliphatic heterocycles. The lowest BCUT2D eigenvalue weighted by Gasteiger charge is -2.10. The van der Waals surface area contributed by atoms with Crippen molar-refractivity contribution in [2.24, 2.45) is 0 Å². The average molecular weight is 411 g/mol. The van der Waals surface area contributed by atoms with Gasteiger partial charge in [0, 0.05) is 17.1 Å². The van der Waals surface area contributed by atoms with Crippen molar-refractivity contribution in [2.45, 2.75) is 44.1 Å². The zero-order valence-corrected chi connectivity index (χ0v) is 17.8. The van der Waals surface area contributed by atoms with E-state index in [2.05, 4.69) is 58.3 Å². The Morgan fingerprint density at radius 3 is 2.64 bits per heavy atom. The molecular formula is C21H22N4OS2. The van der Waals surface area contributed by atoms with Gasteiger partial charge in [-0.25, -0.2) is 4.98 Å². The van der Waals surface area contributed by atoms with Crippen molar-refractivity contribution in [3.8, 4) is 11.4 Å². The van der Waals surface area contributed by atoms with Gasteiger partial charge in [0.1, 0.15) is 5.76 Å². The molecule has 28 heavy (non-hydrogen) atoms. The minimum atomic E-state index is 0.459. The molecule has 0 atom stereocenters. The van der Waals surface area contributed by atoms with Gasteiger partial charge in [-0.1, -0.05) is 55.9 Å². The summed E-state index contributed by atoms with van der Waals surface area (Å²) in [4.78, 5) is 4.73. The van der Waals surface area contributed by atoms with Gasteiger partial charge in [-0.2, -0.15) is 0 Å². The number of hydrogen-bond acceptors (Lipinski definition) is 6. The van der Waals surface area contributed by atoms with Crippen LogP contribution in [0, 0.1) is 6.92 Å². The van der Waals surface area contributed by atoms with E-state index >= 15 is 0 Å². The van der Waals surface area contributed by atoms with Gasteiger partial charge < -0.3 is 4.42 Å². The second-order valence-electron chi connectivity index (χ2n) is 6.89. The summed E-state index contributed by atoms with van der Waals surface area (Å²) in [6, 6.07) is 12.3. The molecule has 0 aliphatic carbocycles. The van der Waals surface area contributed by atoms with E-state index in [0.717, 1.165) is 33.8 Å². The van der Waals surface area contributed by atoms with Crippen LogP contribution in [0.25, 0.3) is 11.4 Å². The number of thioether (sulfide) groups is 1. The Hall–Kier alpha value is -2.38. The quantitative estimate of drug-likeness (QED) is 0.362. The Balaban J connectivity index is 1.62. The Labute approximate surface area is 172 Å². The lowest BCUT2D eigenvalue weighted by atomic mass is 10.2. The minimum absolute atomic E-state index is 0.459. The van der Waals surface area contributed by atoms with Crippen LogP contribution in [0.2, 0.25) is 0 Å². The maximum absolute atomic E-state index is 5.49. The molecule has 7 heteroatoms. The van der Waals surface area contributed by atoms with Crippen molar-refractivity contribution in [1.29, 1.82) is 0 Å². The van der Waals surface area contributed by atoms with Gasteiger partial charge in [-0.3, -0.25) is 4.57 Å². The highest BCUT2D eigenvalue weighted by atomic mass is 32.2. The van der Waals surface area contributed by atoms with E-state index in [1.165, 1.54) is 10.6 Å². The molecule has 0 saturated carbocycles. The van der Waals surface area contributed by atoms with Gasteiger partial charge >= 0.3 is 0 Å². The first-order valence-electron chi connectivity index (χ1n) is 9.20. The second kappa shape index (κ2) is 8.32. The van der Waals surface area contributed by atoms with E-state index in [4.69, 9.17) is 9.40 Å². The van der Waals surface area contributed by atoms with Crippen LogP contribution in [0.4, 0.5) is 0 Å². The predicted molar refractivity (Wildman–Crippen MR) is 114 cm³/mol. The molecule has 0 fully saturated rings. The van der Waals surface area contributed by atoms with Crippen LogP contribution in [0.15, 0.2) is 57.6 Å². The highest BCUT2D eigenvalue weighted by molar-refractivity contribution is 7.98. The third kappa shape index (κ3) is 4.05. The molecule has 3 aromatic heterocycles. The maximum Gasteiger partial charge on any atom is 0.192 e. The second-order valence-corrected chi connectivity index (χ2v) is 8.72. The molecule has 0 amide bonds. The monoisotopic (exact) mass is 410 g/mol. The normalized spacial score (nSPS) is 11.4. The van der Waals surface area contributed by atoms with Gasteiger partial charge in [-0.05, 0) is 18.6 Å². The summed E-state index contributed by atoms with van der Waals surface area (Å²) >= 11 is 3.40. The first-order chi connectivity index (χ1) is 13.6. The first kappa shape index (κ1) is 19.0. The van der Waals surface area contributed by atoms with E-state index in [-0.39, 0.29) is 0 Å². The van der Waals surface area contributed by atoms with E-state index in [1.807, 2.05) is 19.1 Å². The Morgan fingerprint density at radius 2 is 1.96 bits per heavy atom. The number of rotatable bonds is 7. The van der Waals surface area contributed by atoms with Crippen LogP contribution in [-0.2, 0) is 12.3 Å². The fourth-order valence-corrected chi connectivity index (χ4v) is 4.68. The first-order valence-corrected chi connectivity index (χ1v) is 11.1. The SMILES string of the molecule is Cc1occc1-c1nnc(SCc2csc(C(C)C)n2)n1Cc1ccccc1. The van der Waals surface area contributed by atoms with E-state index < -0.39 is 0 Å². The molecule has 0 aliphatic rings. The van der Waals surface area contributed by atoms with Crippen molar-refractivity contribution in [3.63, 3.8) is 0 Å². The van der Waals surface area contributed by atoms with Crippen molar-refractivity contribution in [2.75, 3.05) is 0 Å². The smallest absolute Gasteiger partial charge is 0.192 e. The number of hydrogen-bond donors (Lipinski definition) is 0. The third-order valence-electron chi connectivity index (χ3n) is 4.41. The number of aryl methyl sites for hydroxylation is 1. The molecule has 0 bridgehead atoms. The summed E-state index contributed by atoms with van der Waals surface area (Å²) in [5.74, 6) is 2.92. The average Bonchev–Trinajstić information content (AvgIpc) is 3.41. The molecule has 0 radical (unpaired) electrons. The summed E-state index contributed by atoms with van der Waals surface area (Å²) in [7, 11) is 0. The van der Waals surface area contributed by atoms with Crippen LogP contribution in [0.5, 0.6) is 0 Å². The molecule has 0 unspecified atom stereocenters. The zero-order valence-electron chi connectivity index (χ0n) is 16.1. The number of nitrogens with zero attached hydrogens (tertiary/aromatic N) is 4. The van der Waals surface area contributed by atoms with E-state index in [9.17, 15) is 0 Å². The van der Waals surface area contributed by atoms with E-state index in [1.54, 1.807) is 29.4 Å². The third-order valence-corrected chi connectivity index (χ3v) is 6.61. The Morgan fingerprint density at radius 1 is 1.14 bits per heavy atom. The summed E-state index contributed by atoms with van der Waals surface area (Å²) in [5, 5.41) is 13.2. The number of aromatic nitrogens is 4. The molecule has 3 heterocycles. The van der Waals surface area contributed by atoms with Crippen molar-refractivity contribution >= 4 is 23.1 Å². The van der Waals surface area contributed by atoms with Gasteiger partial charge in [0.05, 0.1) is 29.1 Å². The number of furan rings is 1. The van der Waals surface area contributed by atoms with Crippen LogP contribution in [-0.4, -0.2) is 19.7 Å². The lowest BCUT2D eigenvalue weighted by Crippen LogP contribution is -2.04. The minimum Gasteiger partial charge on any atom is -0.469 e. The fraction of sp³-hybridized carbons (Fsp3) is 0.286.